The van der Waals surface area contributed by atoms with Gasteiger partial charge in [0.25, 0.3) is 5.91 Å². The number of rotatable bonds is 9. The highest BCUT2D eigenvalue weighted by atomic mass is 16.5. The van der Waals surface area contributed by atoms with Gasteiger partial charge in [0.15, 0.2) is 6.61 Å². The third-order valence-electron chi connectivity index (χ3n) is 3.95. The predicted molar refractivity (Wildman–Crippen MR) is 100 cm³/mol. The van der Waals surface area contributed by atoms with Crippen molar-refractivity contribution < 1.29 is 14.3 Å². The third kappa shape index (κ3) is 4.61. The second-order valence-corrected chi connectivity index (χ2v) is 5.74. The molecule has 6 nitrogen and oxygen atoms in total. The fourth-order valence-corrected chi connectivity index (χ4v) is 2.70. The van der Waals surface area contributed by atoms with Crippen LogP contribution in [0.4, 0.5) is 0 Å². The Morgan fingerprint density at radius 2 is 1.88 bits per heavy atom. The molecule has 1 aromatic heterocycles. The Labute approximate surface area is 152 Å². The van der Waals surface area contributed by atoms with Gasteiger partial charge in [-0.1, -0.05) is 30.3 Å². The van der Waals surface area contributed by atoms with Gasteiger partial charge in [-0.15, -0.1) is 0 Å². The molecule has 26 heavy (non-hydrogen) atoms. The number of hydrogen-bond donors (Lipinski definition) is 1. The van der Waals surface area contributed by atoms with Gasteiger partial charge < -0.3 is 19.4 Å². The minimum Gasteiger partial charge on any atom is -0.484 e. The van der Waals surface area contributed by atoms with Gasteiger partial charge in [-0.25, -0.2) is 4.98 Å². The Bertz CT molecular complexity index is 846. The maximum atomic E-state index is 12.1. The van der Waals surface area contributed by atoms with Crippen LogP contribution >= 0.6 is 0 Å². The van der Waals surface area contributed by atoms with Crippen molar-refractivity contribution in [2.75, 3.05) is 19.8 Å². The lowest BCUT2D eigenvalue weighted by Gasteiger charge is -2.11. The second kappa shape index (κ2) is 9.01. The van der Waals surface area contributed by atoms with Crippen molar-refractivity contribution in [2.45, 2.75) is 20.0 Å². The fraction of sp³-hybridized carbons (Fsp3) is 0.300. The maximum absolute atomic E-state index is 12.1. The molecule has 0 aliphatic carbocycles. The molecular formula is C20H23N3O3. The van der Waals surface area contributed by atoms with E-state index in [1.165, 1.54) is 0 Å². The van der Waals surface area contributed by atoms with Gasteiger partial charge in [-0.05, 0) is 31.2 Å². The summed E-state index contributed by atoms with van der Waals surface area (Å²) in [6.07, 6.45) is 0. The van der Waals surface area contributed by atoms with Crippen LogP contribution in [0, 0.1) is 0 Å². The Morgan fingerprint density at radius 1 is 1.12 bits per heavy atom. The molecule has 0 fully saturated rings. The highest BCUT2D eigenvalue weighted by molar-refractivity contribution is 5.78. The molecule has 0 saturated heterocycles. The highest BCUT2D eigenvalue weighted by Gasteiger charge is 2.11. The van der Waals surface area contributed by atoms with E-state index < -0.39 is 0 Å². The zero-order valence-electron chi connectivity index (χ0n) is 14.9. The number of carbonyl (C=O) groups excluding carboxylic acids is 1. The third-order valence-corrected chi connectivity index (χ3v) is 3.95. The molecule has 1 amide bonds. The number of fused-ring (bicyclic) bond motifs is 1. The van der Waals surface area contributed by atoms with Gasteiger partial charge in [0.2, 0.25) is 0 Å². The Balaban J connectivity index is 1.62. The van der Waals surface area contributed by atoms with Crippen molar-refractivity contribution in [1.82, 2.24) is 14.9 Å². The summed E-state index contributed by atoms with van der Waals surface area (Å²) < 4.78 is 13.0. The molecule has 3 aromatic rings. The molecule has 0 saturated carbocycles. The van der Waals surface area contributed by atoms with E-state index in [1.807, 2.05) is 61.5 Å². The topological polar surface area (TPSA) is 65.4 Å². The van der Waals surface area contributed by atoms with E-state index in [4.69, 9.17) is 9.47 Å². The first-order valence-electron chi connectivity index (χ1n) is 8.74. The molecule has 0 radical (unpaired) electrons. The monoisotopic (exact) mass is 353 g/mol. The summed E-state index contributed by atoms with van der Waals surface area (Å²) >= 11 is 0. The van der Waals surface area contributed by atoms with Crippen molar-refractivity contribution in [2.24, 2.45) is 0 Å². The quantitative estimate of drug-likeness (QED) is 0.601. The molecule has 1 heterocycles. The predicted octanol–water partition coefficient (Wildman–Crippen LogP) is 2.77. The molecule has 1 N–H and O–H groups in total. The summed E-state index contributed by atoms with van der Waals surface area (Å²) in [5.74, 6) is 1.29. The van der Waals surface area contributed by atoms with Gasteiger partial charge in [0.05, 0.1) is 24.2 Å². The first-order valence-corrected chi connectivity index (χ1v) is 8.74. The standard InChI is InChI=1S/C20H23N3O3/c1-2-25-13-12-23-18-11-7-6-10-17(18)22-19(23)14-21-20(24)15-26-16-8-4-3-5-9-16/h3-11H,2,12-15H2,1H3,(H,21,24). The van der Waals surface area contributed by atoms with Gasteiger partial charge in [0, 0.05) is 13.2 Å². The van der Waals surface area contributed by atoms with E-state index in [0.717, 1.165) is 16.9 Å². The number of carbonyl (C=O) groups is 1. The van der Waals surface area contributed by atoms with E-state index in [-0.39, 0.29) is 12.5 Å². The second-order valence-electron chi connectivity index (χ2n) is 5.74. The lowest BCUT2D eigenvalue weighted by atomic mass is 10.3. The summed E-state index contributed by atoms with van der Waals surface area (Å²) in [5, 5.41) is 2.87. The van der Waals surface area contributed by atoms with Crippen molar-refractivity contribution in [3.05, 3.63) is 60.4 Å². The molecule has 136 valence electrons. The number of amides is 1. The van der Waals surface area contributed by atoms with Crippen LogP contribution in [0.5, 0.6) is 5.75 Å². The smallest absolute Gasteiger partial charge is 0.258 e. The first kappa shape index (κ1) is 17.9. The van der Waals surface area contributed by atoms with Crippen molar-refractivity contribution in [3.63, 3.8) is 0 Å². The Hall–Kier alpha value is -2.86. The van der Waals surface area contributed by atoms with E-state index in [9.17, 15) is 4.79 Å². The van der Waals surface area contributed by atoms with Gasteiger partial charge in [-0.3, -0.25) is 4.79 Å². The lowest BCUT2D eigenvalue weighted by Crippen LogP contribution is -2.29. The molecule has 6 heteroatoms. The van der Waals surface area contributed by atoms with Crippen LogP contribution in [0.1, 0.15) is 12.7 Å². The molecule has 0 spiro atoms. The van der Waals surface area contributed by atoms with E-state index in [2.05, 4.69) is 14.9 Å². The van der Waals surface area contributed by atoms with Gasteiger partial charge in [-0.2, -0.15) is 0 Å². The minimum atomic E-state index is -0.183. The number of nitrogens with zero attached hydrogens (tertiary/aromatic N) is 2. The number of imidazole rings is 1. The van der Waals surface area contributed by atoms with Gasteiger partial charge >= 0.3 is 0 Å². The largest absolute Gasteiger partial charge is 0.484 e. The Kier molecular flexibility index (Phi) is 6.22. The molecule has 0 unspecified atom stereocenters. The van der Waals surface area contributed by atoms with Crippen molar-refractivity contribution in [3.8, 4) is 5.75 Å². The van der Waals surface area contributed by atoms with Crippen LogP contribution in [0.25, 0.3) is 11.0 Å². The average molecular weight is 353 g/mol. The average Bonchev–Trinajstić information content (AvgIpc) is 3.03. The molecule has 2 aromatic carbocycles. The Morgan fingerprint density at radius 3 is 2.69 bits per heavy atom. The van der Waals surface area contributed by atoms with Crippen LogP contribution in [-0.4, -0.2) is 35.3 Å². The normalized spacial score (nSPS) is 10.8. The lowest BCUT2D eigenvalue weighted by molar-refractivity contribution is -0.123. The molecule has 0 bridgehead atoms. The number of benzene rings is 2. The first-order chi connectivity index (χ1) is 12.8. The number of aromatic nitrogens is 2. The minimum absolute atomic E-state index is 0.0246. The zero-order chi connectivity index (χ0) is 18.2. The summed E-state index contributed by atoms with van der Waals surface area (Å²) in [7, 11) is 0. The summed E-state index contributed by atoms with van der Waals surface area (Å²) in [5.41, 5.74) is 1.95. The molecule has 0 aliphatic rings. The van der Waals surface area contributed by atoms with Crippen LogP contribution in [0.2, 0.25) is 0 Å². The summed E-state index contributed by atoms with van der Waals surface area (Å²) in [6, 6.07) is 17.2. The molecule has 0 atom stereocenters. The highest BCUT2D eigenvalue weighted by Crippen LogP contribution is 2.16. The fourth-order valence-electron chi connectivity index (χ4n) is 2.70. The number of ether oxygens (including phenoxy) is 2. The summed E-state index contributed by atoms with van der Waals surface area (Å²) in [4.78, 5) is 16.7. The number of hydrogen-bond acceptors (Lipinski definition) is 4. The van der Waals surface area contributed by atoms with Crippen LogP contribution in [0.3, 0.4) is 0 Å². The number of nitrogens with one attached hydrogen (secondary N) is 1. The van der Waals surface area contributed by atoms with E-state index in [0.29, 0.717) is 32.1 Å². The van der Waals surface area contributed by atoms with Crippen LogP contribution in [0.15, 0.2) is 54.6 Å². The van der Waals surface area contributed by atoms with Crippen molar-refractivity contribution in [1.29, 1.82) is 0 Å². The van der Waals surface area contributed by atoms with E-state index in [1.54, 1.807) is 0 Å². The summed E-state index contributed by atoms with van der Waals surface area (Å²) in [6.45, 7) is 4.27. The zero-order valence-corrected chi connectivity index (χ0v) is 14.9. The maximum Gasteiger partial charge on any atom is 0.258 e. The van der Waals surface area contributed by atoms with Crippen LogP contribution in [-0.2, 0) is 22.6 Å². The molecule has 0 aliphatic heterocycles. The van der Waals surface area contributed by atoms with Crippen LogP contribution < -0.4 is 10.1 Å². The SMILES string of the molecule is CCOCCn1c(CNC(=O)COc2ccccc2)nc2ccccc21. The molecule has 3 rings (SSSR count). The number of para-hydroxylation sites is 3. The molecular weight excluding hydrogens is 330 g/mol. The van der Waals surface area contributed by atoms with Gasteiger partial charge in [0.1, 0.15) is 11.6 Å². The van der Waals surface area contributed by atoms with E-state index >= 15 is 0 Å². The van der Waals surface area contributed by atoms with Crippen molar-refractivity contribution >= 4 is 16.9 Å².